The number of methoxy groups -OCH3 is 1. The topological polar surface area (TPSA) is 41.6 Å². The fourth-order valence-corrected chi connectivity index (χ4v) is 3.39. The lowest BCUT2D eigenvalue weighted by Crippen LogP contribution is -2.40. The molecule has 0 spiro atoms. The van der Waals surface area contributed by atoms with Gasteiger partial charge in [0.2, 0.25) is 5.91 Å². The van der Waals surface area contributed by atoms with E-state index in [-0.39, 0.29) is 24.2 Å². The fourth-order valence-electron chi connectivity index (χ4n) is 2.60. The van der Waals surface area contributed by atoms with E-state index in [9.17, 15) is 4.79 Å². The molecule has 2 rings (SSSR count). The maximum absolute atomic E-state index is 12.5. The van der Waals surface area contributed by atoms with Crippen molar-refractivity contribution in [3.05, 3.63) is 22.4 Å². The first kappa shape index (κ1) is 14.5. The van der Waals surface area contributed by atoms with Crippen molar-refractivity contribution in [2.24, 2.45) is 0 Å². The average Bonchev–Trinajstić information content (AvgIpc) is 2.99. The Hall–Kier alpha value is -0.910. The predicted molar refractivity (Wildman–Crippen MR) is 77.1 cm³/mol. The zero-order chi connectivity index (χ0) is 13.8. The molecule has 2 heterocycles. The molecule has 1 aromatic heterocycles. The van der Waals surface area contributed by atoms with Gasteiger partial charge >= 0.3 is 0 Å². The molecular formula is C14H22N2O2S. The highest BCUT2D eigenvalue weighted by Gasteiger charge is 2.41. The van der Waals surface area contributed by atoms with E-state index in [1.165, 1.54) is 4.88 Å². The van der Waals surface area contributed by atoms with E-state index in [1.54, 1.807) is 18.4 Å². The minimum Gasteiger partial charge on any atom is -0.383 e. The number of thiophene rings is 1. The molecule has 1 N–H and O–H groups in total. The van der Waals surface area contributed by atoms with Gasteiger partial charge in [-0.05, 0) is 24.8 Å². The van der Waals surface area contributed by atoms with Gasteiger partial charge in [-0.2, -0.15) is 0 Å². The van der Waals surface area contributed by atoms with Crippen molar-refractivity contribution in [1.82, 2.24) is 10.2 Å². The zero-order valence-electron chi connectivity index (χ0n) is 11.8. The van der Waals surface area contributed by atoms with Crippen LogP contribution in [0.4, 0.5) is 0 Å². The number of amides is 1. The summed E-state index contributed by atoms with van der Waals surface area (Å²) < 4.78 is 5.21. The highest BCUT2D eigenvalue weighted by atomic mass is 32.1. The van der Waals surface area contributed by atoms with Gasteiger partial charge in [0, 0.05) is 12.0 Å². The molecule has 0 bridgehead atoms. The molecule has 1 amide bonds. The van der Waals surface area contributed by atoms with Crippen molar-refractivity contribution in [3.63, 3.8) is 0 Å². The van der Waals surface area contributed by atoms with Crippen molar-refractivity contribution in [2.75, 3.05) is 13.7 Å². The lowest BCUT2D eigenvalue weighted by atomic mass is 10.1. The molecule has 0 aliphatic carbocycles. The second-order valence-corrected chi connectivity index (χ2v) is 5.96. The first-order valence-corrected chi connectivity index (χ1v) is 7.67. The van der Waals surface area contributed by atoms with Gasteiger partial charge in [-0.1, -0.05) is 19.4 Å². The fraction of sp³-hybridized carbons (Fsp3) is 0.643. The summed E-state index contributed by atoms with van der Waals surface area (Å²) in [5.41, 5.74) is 0. The highest BCUT2D eigenvalue weighted by molar-refractivity contribution is 7.10. The number of hydrogen-bond acceptors (Lipinski definition) is 4. The summed E-state index contributed by atoms with van der Waals surface area (Å²) in [4.78, 5) is 15.7. The van der Waals surface area contributed by atoms with Gasteiger partial charge in [0.05, 0.1) is 18.7 Å². The van der Waals surface area contributed by atoms with Crippen LogP contribution in [0.15, 0.2) is 17.5 Å². The number of nitrogens with zero attached hydrogens (tertiary/aromatic N) is 1. The van der Waals surface area contributed by atoms with Crippen LogP contribution >= 0.6 is 11.3 Å². The Bertz CT molecular complexity index is 408. The van der Waals surface area contributed by atoms with Gasteiger partial charge < -0.3 is 9.64 Å². The standard InChI is InChI=1S/C14H22N2O2S/c1-4-6-11-14(17)16(10(2)9-18-3)13(15-11)12-7-5-8-19-12/h5,7-8,10-11,13,15H,4,6,9H2,1-3H3. The molecule has 106 valence electrons. The van der Waals surface area contributed by atoms with E-state index < -0.39 is 0 Å². The average molecular weight is 282 g/mol. The quantitative estimate of drug-likeness (QED) is 0.871. The van der Waals surface area contributed by atoms with Gasteiger partial charge in [0.25, 0.3) is 0 Å². The lowest BCUT2D eigenvalue weighted by Gasteiger charge is -2.29. The van der Waals surface area contributed by atoms with E-state index in [0.717, 1.165) is 12.8 Å². The molecule has 1 saturated heterocycles. The normalized spacial score (nSPS) is 25.0. The zero-order valence-corrected chi connectivity index (χ0v) is 12.6. The minimum atomic E-state index is -0.0589. The molecule has 1 aliphatic heterocycles. The smallest absolute Gasteiger partial charge is 0.241 e. The van der Waals surface area contributed by atoms with E-state index in [4.69, 9.17) is 4.74 Å². The number of hydrogen-bond donors (Lipinski definition) is 1. The number of rotatable bonds is 6. The Balaban J connectivity index is 2.21. The Kier molecular flexibility index (Phi) is 4.96. The molecule has 0 aromatic carbocycles. The Labute approximate surface area is 118 Å². The van der Waals surface area contributed by atoms with Crippen LogP contribution < -0.4 is 5.32 Å². The van der Waals surface area contributed by atoms with Crippen molar-refractivity contribution < 1.29 is 9.53 Å². The molecule has 0 radical (unpaired) electrons. The molecule has 5 heteroatoms. The van der Waals surface area contributed by atoms with Gasteiger partial charge in [0.1, 0.15) is 6.17 Å². The molecule has 19 heavy (non-hydrogen) atoms. The van der Waals surface area contributed by atoms with E-state index >= 15 is 0 Å². The van der Waals surface area contributed by atoms with Gasteiger partial charge in [0.15, 0.2) is 0 Å². The van der Waals surface area contributed by atoms with Crippen LogP contribution in [0.2, 0.25) is 0 Å². The summed E-state index contributed by atoms with van der Waals surface area (Å²) in [6, 6.07) is 4.13. The van der Waals surface area contributed by atoms with E-state index in [1.807, 2.05) is 23.3 Å². The van der Waals surface area contributed by atoms with Crippen LogP contribution in [0, 0.1) is 0 Å². The van der Waals surface area contributed by atoms with Crippen LogP contribution in [0.3, 0.4) is 0 Å². The molecule has 3 atom stereocenters. The molecule has 3 unspecified atom stereocenters. The van der Waals surface area contributed by atoms with Crippen LogP contribution in [0.25, 0.3) is 0 Å². The Morgan fingerprint density at radius 1 is 1.58 bits per heavy atom. The highest BCUT2D eigenvalue weighted by Crippen LogP contribution is 2.31. The largest absolute Gasteiger partial charge is 0.383 e. The number of carbonyl (C=O) groups is 1. The number of nitrogens with one attached hydrogen (secondary N) is 1. The minimum absolute atomic E-state index is 0.00537. The number of carbonyl (C=O) groups excluding carboxylic acids is 1. The summed E-state index contributed by atoms with van der Waals surface area (Å²) >= 11 is 1.68. The summed E-state index contributed by atoms with van der Waals surface area (Å²) in [5, 5.41) is 5.51. The summed E-state index contributed by atoms with van der Waals surface area (Å²) in [6.07, 6.45) is 1.89. The van der Waals surface area contributed by atoms with Crippen LogP contribution in [0.5, 0.6) is 0 Å². The molecule has 1 aromatic rings. The second-order valence-electron chi connectivity index (χ2n) is 4.98. The van der Waals surface area contributed by atoms with Crippen molar-refractivity contribution >= 4 is 17.2 Å². The van der Waals surface area contributed by atoms with Crippen molar-refractivity contribution in [2.45, 2.75) is 44.9 Å². The summed E-state index contributed by atoms with van der Waals surface area (Å²) in [7, 11) is 1.67. The first-order valence-electron chi connectivity index (χ1n) is 6.79. The SMILES string of the molecule is CCCC1NC(c2cccs2)N(C(C)COC)C1=O. The van der Waals surface area contributed by atoms with E-state index in [2.05, 4.69) is 18.3 Å². The van der Waals surface area contributed by atoms with Crippen molar-refractivity contribution in [3.8, 4) is 0 Å². The maximum atomic E-state index is 12.5. The summed E-state index contributed by atoms with van der Waals surface area (Å²) in [5.74, 6) is 0.199. The Morgan fingerprint density at radius 2 is 2.37 bits per heavy atom. The molecule has 0 saturated carbocycles. The molecular weight excluding hydrogens is 260 g/mol. The van der Waals surface area contributed by atoms with Crippen LogP contribution in [-0.4, -0.2) is 36.6 Å². The first-order chi connectivity index (χ1) is 9.19. The monoisotopic (exact) mass is 282 g/mol. The molecule has 1 fully saturated rings. The second kappa shape index (κ2) is 6.50. The predicted octanol–water partition coefficient (Wildman–Crippen LogP) is 2.38. The van der Waals surface area contributed by atoms with E-state index in [0.29, 0.717) is 6.61 Å². The van der Waals surface area contributed by atoms with Crippen LogP contribution in [0.1, 0.15) is 37.7 Å². The summed E-state index contributed by atoms with van der Waals surface area (Å²) in [6.45, 7) is 4.71. The van der Waals surface area contributed by atoms with Gasteiger partial charge in [-0.25, -0.2) is 0 Å². The van der Waals surface area contributed by atoms with Crippen LogP contribution in [-0.2, 0) is 9.53 Å². The number of ether oxygens (including phenoxy) is 1. The third-order valence-corrected chi connectivity index (χ3v) is 4.39. The molecule has 1 aliphatic rings. The van der Waals surface area contributed by atoms with Crippen molar-refractivity contribution in [1.29, 1.82) is 0 Å². The third-order valence-electron chi connectivity index (χ3n) is 3.46. The lowest BCUT2D eigenvalue weighted by molar-refractivity contribution is -0.133. The maximum Gasteiger partial charge on any atom is 0.241 e. The van der Waals surface area contributed by atoms with Gasteiger partial charge in [-0.15, -0.1) is 11.3 Å². The third kappa shape index (κ3) is 2.99. The van der Waals surface area contributed by atoms with Gasteiger partial charge in [-0.3, -0.25) is 10.1 Å². The Morgan fingerprint density at radius 3 is 2.95 bits per heavy atom. The molecule has 4 nitrogen and oxygen atoms in total.